The van der Waals surface area contributed by atoms with Gasteiger partial charge >= 0.3 is 12.1 Å². The average Bonchev–Trinajstić information content (AvgIpc) is 3.21. The molecule has 0 bridgehead atoms. The number of methoxy groups -OCH3 is 1. The molecule has 346 valence electrons. The first-order valence-corrected chi connectivity index (χ1v) is 22.7. The summed E-state index contributed by atoms with van der Waals surface area (Å²) in [4.78, 5) is 48.7. The van der Waals surface area contributed by atoms with Crippen LogP contribution in [0.3, 0.4) is 0 Å². The first-order chi connectivity index (χ1) is 28.8. The van der Waals surface area contributed by atoms with Crippen molar-refractivity contribution in [3.63, 3.8) is 0 Å². The molecule has 2 aromatic rings. The highest BCUT2D eigenvalue weighted by Crippen LogP contribution is 2.51. The first-order valence-electron chi connectivity index (χ1n) is 21.8. The third-order valence-electron chi connectivity index (χ3n) is 13.5. The predicted molar refractivity (Wildman–Crippen MR) is 237 cm³/mol. The van der Waals surface area contributed by atoms with E-state index in [0.717, 1.165) is 21.0 Å². The van der Waals surface area contributed by atoms with Gasteiger partial charge in [-0.2, -0.15) is 0 Å². The number of anilines is 3. The molecule has 3 aliphatic heterocycles. The summed E-state index contributed by atoms with van der Waals surface area (Å²) in [6.07, 6.45) is -9.19. The number of hydrogen-bond donors (Lipinski definition) is 4. The molecule has 14 nitrogen and oxygen atoms in total. The number of nitrogens with zero attached hydrogens (tertiary/aromatic N) is 2. The lowest BCUT2D eigenvalue weighted by Crippen LogP contribution is -2.59. The Labute approximate surface area is 371 Å². The molecule has 0 aromatic heterocycles. The average molecular weight is 887 g/mol. The first kappa shape index (κ1) is 49.7. The molecule has 2 aromatic carbocycles. The van der Waals surface area contributed by atoms with Crippen LogP contribution in [-0.4, -0.2) is 119 Å². The highest BCUT2D eigenvalue weighted by atomic mass is 32.2. The van der Waals surface area contributed by atoms with Crippen LogP contribution in [0.15, 0.2) is 46.2 Å². The minimum absolute atomic E-state index is 0.0507. The Bertz CT molecular complexity index is 1880. The van der Waals surface area contributed by atoms with Gasteiger partial charge in [0.25, 0.3) is 0 Å². The van der Waals surface area contributed by atoms with E-state index in [4.69, 9.17) is 23.7 Å². The third kappa shape index (κ3) is 9.85. The van der Waals surface area contributed by atoms with Gasteiger partial charge in [-0.15, -0.1) is 0 Å². The Balaban J connectivity index is 1.66. The van der Waals surface area contributed by atoms with Crippen LogP contribution in [0.5, 0.6) is 0 Å². The van der Waals surface area contributed by atoms with Crippen molar-refractivity contribution in [3.8, 4) is 0 Å². The van der Waals surface area contributed by atoms with Gasteiger partial charge in [0.2, 0.25) is 0 Å². The number of ketones is 1. The Morgan fingerprint density at radius 2 is 1.55 bits per heavy atom. The van der Waals surface area contributed by atoms with E-state index >= 15 is 4.79 Å². The smallest absolute Gasteiger partial charge is 0.419 e. The van der Waals surface area contributed by atoms with Crippen molar-refractivity contribution >= 4 is 46.7 Å². The molecule has 0 saturated carbocycles. The van der Waals surface area contributed by atoms with Crippen LogP contribution in [0.4, 0.5) is 21.9 Å². The molecule has 1 amide bonds. The van der Waals surface area contributed by atoms with Gasteiger partial charge in [-0.25, -0.2) is 9.69 Å². The number of hydrogen-bond acceptors (Lipinski definition) is 14. The molecule has 0 spiro atoms. The van der Waals surface area contributed by atoms with Crippen LogP contribution in [0, 0.1) is 23.7 Å². The van der Waals surface area contributed by atoms with Gasteiger partial charge < -0.3 is 49.0 Å². The number of fused-ring (bicyclic) bond motifs is 2. The molecule has 14 atom stereocenters. The summed E-state index contributed by atoms with van der Waals surface area (Å²) >= 11 is 1.54. The summed E-state index contributed by atoms with van der Waals surface area (Å²) in [5.41, 5.74) is -1.93. The zero-order chi connectivity index (χ0) is 46.4. The van der Waals surface area contributed by atoms with Crippen molar-refractivity contribution < 1.29 is 58.5 Å². The van der Waals surface area contributed by atoms with Gasteiger partial charge in [-0.3, -0.25) is 9.59 Å². The molecular formula is C47H70N2O12S. The van der Waals surface area contributed by atoms with Gasteiger partial charge in [0.1, 0.15) is 29.7 Å². The van der Waals surface area contributed by atoms with Crippen molar-refractivity contribution in [3.05, 3.63) is 42.0 Å². The number of carbonyl (C=O) groups is 3. The fourth-order valence-corrected chi connectivity index (χ4v) is 10.5. The summed E-state index contributed by atoms with van der Waals surface area (Å²) in [6, 6.07) is 11.7. The predicted octanol–water partition coefficient (Wildman–Crippen LogP) is 6.97. The Morgan fingerprint density at radius 1 is 0.935 bits per heavy atom. The maximum atomic E-state index is 15.1. The number of benzene rings is 2. The number of aliphatic hydroxyl groups is 4. The van der Waals surface area contributed by atoms with E-state index in [1.165, 1.54) is 32.8 Å². The number of rotatable bonds is 7. The highest BCUT2D eigenvalue weighted by Gasteiger charge is 2.53. The second-order valence-electron chi connectivity index (χ2n) is 19.0. The number of amides is 1. The fourth-order valence-electron chi connectivity index (χ4n) is 9.38. The zero-order valence-corrected chi connectivity index (χ0v) is 39.7. The normalized spacial score (nSPS) is 37.2. The van der Waals surface area contributed by atoms with E-state index < -0.39 is 101 Å². The maximum absolute atomic E-state index is 15.1. The number of cyclic esters (lactones) is 1. The van der Waals surface area contributed by atoms with Gasteiger partial charge in [0.15, 0.2) is 6.29 Å². The SMILES string of the molecule is CC[C@H]1OC(=O)[C@H](C)[C@@H](O[C@H]2C[C@@](C)(OC)[C@@H](O)[C@H](C)O2)[C@H](C)[C@@H](OC(=O)N2c3ccc(C(C)C)cc3Sc3cc(N(C)C)ccc32)[C@](C)(O)C[C@@H](C)C(=O)[C@H](C)[C@@H](O)[C@]1(C)O. The molecule has 2 fully saturated rings. The zero-order valence-electron chi connectivity index (χ0n) is 38.9. The van der Waals surface area contributed by atoms with Crippen molar-refractivity contribution in [1.82, 2.24) is 0 Å². The molecule has 0 radical (unpaired) electrons. The second kappa shape index (κ2) is 19.1. The Morgan fingerprint density at radius 3 is 2.13 bits per heavy atom. The second-order valence-corrected chi connectivity index (χ2v) is 20.1. The van der Waals surface area contributed by atoms with E-state index in [9.17, 15) is 30.0 Å². The van der Waals surface area contributed by atoms with Gasteiger partial charge in [-0.05, 0) is 89.3 Å². The van der Waals surface area contributed by atoms with Gasteiger partial charge in [0.05, 0.1) is 46.8 Å². The van der Waals surface area contributed by atoms with Crippen LogP contribution >= 0.6 is 11.8 Å². The van der Waals surface area contributed by atoms with E-state index in [-0.39, 0.29) is 25.2 Å². The van der Waals surface area contributed by atoms with Gasteiger partial charge in [-0.1, -0.05) is 59.4 Å². The Hall–Kier alpha value is -3.28. The number of aliphatic hydroxyl groups excluding tert-OH is 2. The third-order valence-corrected chi connectivity index (χ3v) is 14.6. The summed E-state index contributed by atoms with van der Waals surface area (Å²) in [6.45, 7) is 18.5. The Kier molecular flexibility index (Phi) is 15.3. The number of Topliss-reactive ketones (excluding diaryl/α,β-unsaturated/α-hetero) is 1. The van der Waals surface area contributed by atoms with Crippen molar-refractivity contribution in [2.75, 3.05) is 31.0 Å². The van der Waals surface area contributed by atoms with E-state index in [1.807, 2.05) is 49.3 Å². The standard InChI is InChI=1S/C47H70N2O12S/c1-15-36-47(11,56)40(51)26(5)38(50)25(4)22-45(9,55)42(27(6)39(28(7)43(53)59-36)60-37-23-46(10,57-14)41(52)29(8)58-37)61-44(54)49-32-18-16-30(24(2)3)20-34(32)62-35-21-31(48(12)13)17-19-33(35)49/h16-21,24-29,36-37,39-42,51-52,55-56H,15,22-23H2,1-14H3/t25-,26+,27+,28-,29+,36-,37+,39+,40-,41+,42-,45-,46-,47-/m1/s1. The van der Waals surface area contributed by atoms with Crippen LogP contribution in [-0.2, 0) is 33.3 Å². The molecule has 4 N–H and O–H groups in total. The minimum atomic E-state index is -2.04. The van der Waals surface area contributed by atoms with Crippen LogP contribution in [0.1, 0.15) is 107 Å². The molecule has 62 heavy (non-hydrogen) atoms. The summed E-state index contributed by atoms with van der Waals surface area (Å²) in [7, 11) is 5.35. The summed E-state index contributed by atoms with van der Waals surface area (Å²) in [5.74, 6) is -5.21. The lowest BCUT2D eigenvalue weighted by Gasteiger charge is -2.47. The van der Waals surface area contributed by atoms with Crippen molar-refractivity contribution in [2.24, 2.45) is 23.7 Å². The number of esters is 1. The van der Waals surface area contributed by atoms with Gasteiger partial charge in [0, 0.05) is 60.9 Å². The quantitative estimate of drug-likeness (QED) is 0.209. The van der Waals surface area contributed by atoms with Crippen molar-refractivity contribution in [2.45, 2.75) is 171 Å². The fraction of sp³-hybridized carbons (Fsp3) is 0.681. The molecule has 2 saturated heterocycles. The lowest BCUT2D eigenvalue weighted by molar-refractivity contribution is -0.299. The largest absolute Gasteiger partial charge is 0.459 e. The molecule has 0 aliphatic carbocycles. The maximum Gasteiger partial charge on any atom is 0.419 e. The monoisotopic (exact) mass is 886 g/mol. The van der Waals surface area contributed by atoms with Crippen LogP contribution in [0.2, 0.25) is 0 Å². The summed E-state index contributed by atoms with van der Waals surface area (Å²) < 4.78 is 31.2. The lowest BCUT2D eigenvalue weighted by atomic mass is 9.74. The number of carbonyl (C=O) groups excluding carboxylic acids is 3. The topological polar surface area (TPSA) is 185 Å². The molecule has 3 heterocycles. The highest BCUT2D eigenvalue weighted by molar-refractivity contribution is 7.99. The molecule has 5 rings (SSSR count). The van der Waals surface area contributed by atoms with E-state index in [2.05, 4.69) is 19.9 Å². The molecule has 3 aliphatic rings. The van der Waals surface area contributed by atoms with Crippen LogP contribution < -0.4 is 9.80 Å². The van der Waals surface area contributed by atoms with Crippen molar-refractivity contribution in [1.29, 1.82) is 0 Å². The minimum Gasteiger partial charge on any atom is -0.459 e. The van der Waals surface area contributed by atoms with Crippen LogP contribution in [0.25, 0.3) is 0 Å². The van der Waals surface area contributed by atoms with E-state index in [1.54, 1.807) is 53.3 Å². The summed E-state index contributed by atoms with van der Waals surface area (Å²) in [5, 5.41) is 47.0. The number of ether oxygens (including phenoxy) is 5. The molecule has 15 heteroatoms. The molecule has 0 unspecified atom stereocenters. The molecular weight excluding hydrogens is 817 g/mol. The van der Waals surface area contributed by atoms with E-state index in [0.29, 0.717) is 11.4 Å².